The maximum Gasteiger partial charge on any atom is 0.294 e. The standard InChI is InChI=1S/C13H18ClN3O3S/c1-4-15-12-10(14)7-9(8-11(12)17(19)20)13(18)16(2)5-6-21-3/h7-8,15H,4-6H2,1-3H3. The van der Waals surface area contributed by atoms with Gasteiger partial charge in [-0.2, -0.15) is 11.8 Å². The van der Waals surface area contributed by atoms with Gasteiger partial charge in [0, 0.05) is 37.5 Å². The van der Waals surface area contributed by atoms with Crippen molar-refractivity contribution in [2.45, 2.75) is 6.92 Å². The highest BCUT2D eigenvalue weighted by molar-refractivity contribution is 7.98. The lowest BCUT2D eigenvalue weighted by molar-refractivity contribution is -0.384. The molecule has 1 rings (SSSR count). The van der Waals surface area contributed by atoms with Crippen LogP contribution in [0.2, 0.25) is 5.02 Å². The fraction of sp³-hybridized carbons (Fsp3) is 0.462. The Bertz CT molecular complexity index is 540. The van der Waals surface area contributed by atoms with Crippen LogP contribution in [-0.2, 0) is 0 Å². The van der Waals surface area contributed by atoms with Crippen LogP contribution >= 0.6 is 23.4 Å². The van der Waals surface area contributed by atoms with Gasteiger partial charge in [-0.3, -0.25) is 14.9 Å². The lowest BCUT2D eigenvalue weighted by Gasteiger charge is -2.17. The molecule has 0 aliphatic rings. The summed E-state index contributed by atoms with van der Waals surface area (Å²) in [4.78, 5) is 24.4. The minimum atomic E-state index is -0.539. The van der Waals surface area contributed by atoms with E-state index in [2.05, 4.69) is 5.32 Å². The average molecular weight is 332 g/mol. The number of halogens is 1. The lowest BCUT2D eigenvalue weighted by atomic mass is 10.1. The third-order valence-corrected chi connectivity index (χ3v) is 3.73. The zero-order valence-electron chi connectivity index (χ0n) is 12.2. The van der Waals surface area contributed by atoms with Crippen LogP contribution in [0.1, 0.15) is 17.3 Å². The number of carbonyl (C=O) groups excluding carboxylic acids is 1. The van der Waals surface area contributed by atoms with Crippen molar-refractivity contribution in [1.29, 1.82) is 0 Å². The Morgan fingerprint density at radius 3 is 2.71 bits per heavy atom. The van der Waals surface area contributed by atoms with Crippen LogP contribution in [0, 0.1) is 10.1 Å². The molecule has 0 atom stereocenters. The first kappa shape index (κ1) is 17.6. The summed E-state index contributed by atoms with van der Waals surface area (Å²) in [6.45, 7) is 2.89. The van der Waals surface area contributed by atoms with Gasteiger partial charge in [0.05, 0.1) is 9.95 Å². The normalized spacial score (nSPS) is 10.3. The second-order valence-corrected chi connectivity index (χ2v) is 5.75. The van der Waals surface area contributed by atoms with Crippen LogP contribution in [-0.4, -0.2) is 47.9 Å². The Morgan fingerprint density at radius 2 is 2.19 bits per heavy atom. The first-order valence-corrected chi connectivity index (χ1v) is 8.15. The smallest absolute Gasteiger partial charge is 0.294 e. The lowest BCUT2D eigenvalue weighted by Crippen LogP contribution is -2.29. The van der Waals surface area contributed by atoms with Gasteiger partial charge in [0.1, 0.15) is 5.69 Å². The van der Waals surface area contributed by atoms with E-state index in [4.69, 9.17) is 11.6 Å². The van der Waals surface area contributed by atoms with Gasteiger partial charge in [0.2, 0.25) is 0 Å². The summed E-state index contributed by atoms with van der Waals surface area (Å²) in [6, 6.07) is 2.73. The largest absolute Gasteiger partial charge is 0.379 e. The van der Waals surface area contributed by atoms with E-state index in [1.807, 2.05) is 13.2 Å². The molecule has 21 heavy (non-hydrogen) atoms. The molecule has 1 N–H and O–H groups in total. The molecule has 0 aliphatic heterocycles. The second-order valence-electron chi connectivity index (χ2n) is 4.36. The van der Waals surface area contributed by atoms with E-state index in [0.717, 1.165) is 5.75 Å². The summed E-state index contributed by atoms with van der Waals surface area (Å²) in [5, 5.41) is 14.2. The molecular formula is C13H18ClN3O3S. The summed E-state index contributed by atoms with van der Waals surface area (Å²) in [6.07, 6.45) is 1.95. The Labute approximate surface area is 133 Å². The van der Waals surface area contributed by atoms with Crippen molar-refractivity contribution in [1.82, 2.24) is 4.90 Å². The van der Waals surface area contributed by atoms with E-state index in [0.29, 0.717) is 13.1 Å². The highest BCUT2D eigenvalue weighted by atomic mass is 35.5. The van der Waals surface area contributed by atoms with Gasteiger partial charge in [-0.05, 0) is 19.2 Å². The highest BCUT2D eigenvalue weighted by Gasteiger charge is 2.22. The van der Waals surface area contributed by atoms with E-state index in [1.165, 1.54) is 17.0 Å². The first-order chi connectivity index (χ1) is 9.92. The highest BCUT2D eigenvalue weighted by Crippen LogP contribution is 2.34. The SMILES string of the molecule is CCNc1c(Cl)cc(C(=O)N(C)CCSC)cc1[N+](=O)[O-]. The zero-order chi connectivity index (χ0) is 16.0. The number of carbonyl (C=O) groups is 1. The maximum absolute atomic E-state index is 12.3. The molecule has 0 aromatic heterocycles. The predicted octanol–water partition coefficient (Wildman–Crippen LogP) is 3.12. The molecule has 0 spiro atoms. The van der Waals surface area contributed by atoms with E-state index in [1.54, 1.807) is 18.8 Å². The number of nitro benzene ring substituents is 1. The molecule has 8 heteroatoms. The van der Waals surface area contributed by atoms with Crippen molar-refractivity contribution in [3.05, 3.63) is 32.8 Å². The van der Waals surface area contributed by atoms with Gasteiger partial charge < -0.3 is 10.2 Å². The Kier molecular flexibility index (Phi) is 6.77. The third kappa shape index (κ3) is 4.50. The molecular weight excluding hydrogens is 314 g/mol. The molecule has 0 saturated carbocycles. The van der Waals surface area contributed by atoms with Crippen molar-refractivity contribution < 1.29 is 9.72 Å². The van der Waals surface area contributed by atoms with Crippen molar-refractivity contribution >= 4 is 40.6 Å². The molecule has 1 aromatic rings. The predicted molar refractivity (Wildman–Crippen MR) is 87.6 cm³/mol. The van der Waals surface area contributed by atoms with Crippen LogP contribution < -0.4 is 5.32 Å². The number of amides is 1. The van der Waals surface area contributed by atoms with Crippen LogP contribution in [0.15, 0.2) is 12.1 Å². The van der Waals surface area contributed by atoms with E-state index < -0.39 is 4.92 Å². The van der Waals surface area contributed by atoms with Crippen LogP contribution in [0.5, 0.6) is 0 Å². The van der Waals surface area contributed by atoms with Gasteiger partial charge >= 0.3 is 0 Å². The van der Waals surface area contributed by atoms with E-state index >= 15 is 0 Å². The average Bonchev–Trinajstić information content (AvgIpc) is 2.45. The van der Waals surface area contributed by atoms with Crippen LogP contribution in [0.4, 0.5) is 11.4 Å². The molecule has 0 fully saturated rings. The Morgan fingerprint density at radius 1 is 1.52 bits per heavy atom. The number of benzene rings is 1. The third-order valence-electron chi connectivity index (χ3n) is 2.84. The number of rotatable bonds is 7. The van der Waals surface area contributed by atoms with Crippen LogP contribution in [0.3, 0.4) is 0 Å². The van der Waals surface area contributed by atoms with Crippen molar-refractivity contribution in [2.24, 2.45) is 0 Å². The molecule has 1 amide bonds. The minimum absolute atomic E-state index is 0.174. The zero-order valence-corrected chi connectivity index (χ0v) is 13.8. The molecule has 0 saturated heterocycles. The summed E-state index contributed by atoms with van der Waals surface area (Å²) < 4.78 is 0. The van der Waals surface area contributed by atoms with Crippen LogP contribution in [0.25, 0.3) is 0 Å². The monoisotopic (exact) mass is 331 g/mol. The molecule has 0 heterocycles. The number of hydrogen-bond acceptors (Lipinski definition) is 5. The number of hydrogen-bond donors (Lipinski definition) is 1. The fourth-order valence-electron chi connectivity index (χ4n) is 1.76. The number of nitrogens with zero attached hydrogens (tertiary/aromatic N) is 2. The summed E-state index contributed by atoms with van der Waals surface area (Å²) in [5.41, 5.74) is 0.274. The Hall–Kier alpha value is -1.47. The van der Waals surface area contributed by atoms with Gasteiger partial charge in [0.15, 0.2) is 0 Å². The number of thioether (sulfide) groups is 1. The number of anilines is 1. The quantitative estimate of drug-likeness (QED) is 0.613. The second kappa shape index (κ2) is 8.09. The molecule has 116 valence electrons. The Balaban J connectivity index is 3.15. The molecule has 0 bridgehead atoms. The van der Waals surface area contributed by atoms with Gasteiger partial charge in [-0.15, -0.1) is 0 Å². The molecule has 6 nitrogen and oxygen atoms in total. The van der Waals surface area contributed by atoms with Gasteiger partial charge in [-0.1, -0.05) is 11.6 Å². The number of nitro groups is 1. The summed E-state index contributed by atoms with van der Waals surface area (Å²) in [5.74, 6) is 0.519. The minimum Gasteiger partial charge on any atom is -0.379 e. The summed E-state index contributed by atoms with van der Waals surface area (Å²) in [7, 11) is 1.66. The maximum atomic E-state index is 12.3. The van der Waals surface area contributed by atoms with E-state index in [9.17, 15) is 14.9 Å². The fourth-order valence-corrected chi connectivity index (χ4v) is 2.50. The van der Waals surface area contributed by atoms with Crippen molar-refractivity contribution in [3.8, 4) is 0 Å². The molecule has 0 radical (unpaired) electrons. The topological polar surface area (TPSA) is 75.5 Å². The number of nitrogens with one attached hydrogen (secondary N) is 1. The van der Waals surface area contributed by atoms with Crippen molar-refractivity contribution in [2.75, 3.05) is 37.5 Å². The first-order valence-electron chi connectivity index (χ1n) is 6.38. The van der Waals surface area contributed by atoms with E-state index in [-0.39, 0.29) is 27.9 Å². The van der Waals surface area contributed by atoms with Gasteiger partial charge in [0.25, 0.3) is 11.6 Å². The summed E-state index contributed by atoms with van der Waals surface area (Å²) >= 11 is 7.69. The molecule has 0 aliphatic carbocycles. The molecule has 0 unspecified atom stereocenters. The van der Waals surface area contributed by atoms with Gasteiger partial charge in [-0.25, -0.2) is 0 Å². The molecule has 1 aromatic carbocycles. The van der Waals surface area contributed by atoms with Crippen molar-refractivity contribution in [3.63, 3.8) is 0 Å².